The van der Waals surface area contributed by atoms with E-state index in [1.54, 1.807) is 6.92 Å². The molecule has 0 aliphatic heterocycles. The number of carbonyl (C=O) groups is 2. The lowest BCUT2D eigenvalue weighted by atomic mass is 10.4. The second-order valence-corrected chi connectivity index (χ2v) is 2.20. The first kappa shape index (κ1) is 10.9. The number of carbonyl (C=O) groups excluding carboxylic acids is 2. The van der Waals surface area contributed by atoms with Crippen LogP contribution in [0.1, 0.15) is 13.3 Å². The van der Waals surface area contributed by atoms with Crippen molar-refractivity contribution < 1.29 is 14.3 Å². The SMILES string of the molecule is CCOCC(=O)NCCC(N)=O. The third-order valence-corrected chi connectivity index (χ3v) is 1.13. The molecule has 5 nitrogen and oxygen atoms in total. The van der Waals surface area contributed by atoms with Crippen molar-refractivity contribution in [3.8, 4) is 0 Å². The summed E-state index contributed by atoms with van der Waals surface area (Å²) in [5.74, 6) is -0.648. The Kier molecular flexibility index (Phi) is 6.00. The quantitative estimate of drug-likeness (QED) is 0.542. The molecule has 0 aliphatic carbocycles. The zero-order valence-electron chi connectivity index (χ0n) is 7.13. The largest absolute Gasteiger partial charge is 0.372 e. The Balaban J connectivity index is 3.25. The first-order chi connectivity index (χ1) is 5.66. The van der Waals surface area contributed by atoms with Crippen molar-refractivity contribution in [3.05, 3.63) is 0 Å². The first-order valence-corrected chi connectivity index (χ1v) is 3.79. The molecule has 0 saturated heterocycles. The van der Waals surface area contributed by atoms with Gasteiger partial charge in [-0.2, -0.15) is 0 Å². The molecule has 0 spiro atoms. The van der Waals surface area contributed by atoms with Crippen molar-refractivity contribution in [2.24, 2.45) is 5.73 Å². The van der Waals surface area contributed by atoms with E-state index >= 15 is 0 Å². The van der Waals surface area contributed by atoms with Gasteiger partial charge in [0.2, 0.25) is 11.8 Å². The van der Waals surface area contributed by atoms with E-state index in [-0.39, 0.29) is 25.5 Å². The number of hydrogen-bond donors (Lipinski definition) is 2. The maximum Gasteiger partial charge on any atom is 0.246 e. The number of rotatable bonds is 6. The van der Waals surface area contributed by atoms with E-state index in [1.807, 2.05) is 0 Å². The zero-order valence-corrected chi connectivity index (χ0v) is 7.13. The summed E-state index contributed by atoms with van der Waals surface area (Å²) in [7, 11) is 0. The maximum absolute atomic E-state index is 10.8. The Labute approximate surface area is 71.3 Å². The topological polar surface area (TPSA) is 81.4 Å². The van der Waals surface area contributed by atoms with Crippen LogP contribution < -0.4 is 11.1 Å². The molecule has 0 fully saturated rings. The van der Waals surface area contributed by atoms with Crippen LogP contribution in [0.2, 0.25) is 0 Å². The molecule has 0 unspecified atom stereocenters. The smallest absolute Gasteiger partial charge is 0.246 e. The van der Waals surface area contributed by atoms with Gasteiger partial charge in [-0.25, -0.2) is 0 Å². The molecular weight excluding hydrogens is 160 g/mol. The van der Waals surface area contributed by atoms with Crippen molar-refractivity contribution in [3.63, 3.8) is 0 Å². The lowest BCUT2D eigenvalue weighted by Gasteiger charge is -2.02. The van der Waals surface area contributed by atoms with Crippen LogP contribution in [-0.2, 0) is 14.3 Å². The number of nitrogens with one attached hydrogen (secondary N) is 1. The number of amides is 2. The summed E-state index contributed by atoms with van der Waals surface area (Å²) >= 11 is 0. The average Bonchev–Trinajstić information content (AvgIpc) is 2.00. The lowest BCUT2D eigenvalue weighted by Crippen LogP contribution is -2.30. The Hall–Kier alpha value is -1.10. The van der Waals surface area contributed by atoms with Crippen LogP contribution in [0.4, 0.5) is 0 Å². The summed E-state index contributed by atoms with van der Waals surface area (Å²) in [6.07, 6.45) is 0.165. The van der Waals surface area contributed by atoms with E-state index in [9.17, 15) is 9.59 Å². The first-order valence-electron chi connectivity index (χ1n) is 3.79. The van der Waals surface area contributed by atoms with Crippen LogP contribution in [0.15, 0.2) is 0 Å². The van der Waals surface area contributed by atoms with Gasteiger partial charge in [0.15, 0.2) is 0 Å². The van der Waals surface area contributed by atoms with Crippen LogP contribution in [0.25, 0.3) is 0 Å². The molecule has 0 aromatic rings. The van der Waals surface area contributed by atoms with Crippen LogP contribution in [0.3, 0.4) is 0 Å². The number of nitrogens with two attached hydrogens (primary N) is 1. The predicted octanol–water partition coefficient (Wildman–Crippen LogP) is -0.985. The molecule has 12 heavy (non-hydrogen) atoms. The molecule has 5 heteroatoms. The van der Waals surface area contributed by atoms with Crippen LogP contribution >= 0.6 is 0 Å². The fraction of sp³-hybridized carbons (Fsp3) is 0.714. The fourth-order valence-electron chi connectivity index (χ4n) is 0.571. The Bertz CT molecular complexity index is 159. The highest BCUT2D eigenvalue weighted by atomic mass is 16.5. The van der Waals surface area contributed by atoms with Crippen LogP contribution in [0.5, 0.6) is 0 Å². The van der Waals surface area contributed by atoms with Crippen molar-refractivity contribution in [2.75, 3.05) is 19.8 Å². The Morgan fingerprint density at radius 3 is 2.67 bits per heavy atom. The average molecular weight is 174 g/mol. The van der Waals surface area contributed by atoms with Crippen LogP contribution in [0, 0.1) is 0 Å². The number of hydrogen-bond acceptors (Lipinski definition) is 3. The molecule has 0 atom stereocenters. The molecule has 0 bridgehead atoms. The van der Waals surface area contributed by atoms with Gasteiger partial charge >= 0.3 is 0 Å². The monoisotopic (exact) mass is 174 g/mol. The van der Waals surface area contributed by atoms with E-state index in [1.165, 1.54) is 0 Å². The van der Waals surface area contributed by atoms with E-state index in [0.29, 0.717) is 6.61 Å². The summed E-state index contributed by atoms with van der Waals surface area (Å²) in [6.45, 7) is 2.62. The van der Waals surface area contributed by atoms with Gasteiger partial charge in [-0.3, -0.25) is 9.59 Å². The molecule has 0 aromatic heterocycles. The van der Waals surface area contributed by atoms with E-state index < -0.39 is 5.91 Å². The fourth-order valence-corrected chi connectivity index (χ4v) is 0.571. The second kappa shape index (κ2) is 6.60. The van der Waals surface area contributed by atoms with Gasteiger partial charge in [0.05, 0.1) is 0 Å². The van der Waals surface area contributed by atoms with E-state index in [4.69, 9.17) is 10.5 Å². The molecule has 0 aromatic carbocycles. The zero-order chi connectivity index (χ0) is 9.40. The van der Waals surface area contributed by atoms with Crippen molar-refractivity contribution >= 4 is 11.8 Å². The van der Waals surface area contributed by atoms with Gasteiger partial charge in [0.25, 0.3) is 0 Å². The van der Waals surface area contributed by atoms with Crippen molar-refractivity contribution in [1.29, 1.82) is 0 Å². The summed E-state index contributed by atoms with van der Waals surface area (Å²) in [6, 6.07) is 0. The van der Waals surface area contributed by atoms with Crippen molar-refractivity contribution in [1.82, 2.24) is 5.32 Å². The van der Waals surface area contributed by atoms with Gasteiger partial charge in [-0.1, -0.05) is 0 Å². The lowest BCUT2D eigenvalue weighted by molar-refractivity contribution is -0.125. The molecule has 0 radical (unpaired) electrons. The maximum atomic E-state index is 10.8. The van der Waals surface area contributed by atoms with Gasteiger partial charge in [-0.15, -0.1) is 0 Å². The molecule has 2 amide bonds. The molecule has 3 N–H and O–H groups in total. The van der Waals surface area contributed by atoms with E-state index in [0.717, 1.165) is 0 Å². The minimum atomic E-state index is -0.424. The second-order valence-electron chi connectivity index (χ2n) is 2.20. The highest BCUT2D eigenvalue weighted by Crippen LogP contribution is 1.76. The van der Waals surface area contributed by atoms with E-state index in [2.05, 4.69) is 5.32 Å². The van der Waals surface area contributed by atoms with Crippen molar-refractivity contribution in [2.45, 2.75) is 13.3 Å². The normalized spacial score (nSPS) is 9.42. The third kappa shape index (κ3) is 7.01. The highest BCUT2D eigenvalue weighted by Gasteiger charge is 2.00. The third-order valence-electron chi connectivity index (χ3n) is 1.13. The van der Waals surface area contributed by atoms with Gasteiger partial charge in [0.1, 0.15) is 6.61 Å². The molecule has 0 saturated carbocycles. The highest BCUT2D eigenvalue weighted by molar-refractivity contribution is 5.78. The number of primary amides is 1. The molecule has 70 valence electrons. The standard InChI is InChI=1S/C7H14N2O3/c1-2-12-5-7(11)9-4-3-6(8)10/h2-5H2,1H3,(H2,8,10)(H,9,11). The molecule has 0 rings (SSSR count). The summed E-state index contributed by atoms with van der Waals surface area (Å²) < 4.78 is 4.82. The van der Waals surface area contributed by atoms with Crippen LogP contribution in [-0.4, -0.2) is 31.6 Å². The minimum absolute atomic E-state index is 0.0370. The molecular formula is C7H14N2O3. The Morgan fingerprint density at radius 1 is 1.50 bits per heavy atom. The predicted molar refractivity (Wildman–Crippen MR) is 43.3 cm³/mol. The van der Waals surface area contributed by atoms with Gasteiger partial charge < -0.3 is 15.8 Å². The van der Waals surface area contributed by atoms with Gasteiger partial charge in [0, 0.05) is 19.6 Å². The summed E-state index contributed by atoms with van der Waals surface area (Å²) in [4.78, 5) is 21.0. The molecule has 0 heterocycles. The van der Waals surface area contributed by atoms with Gasteiger partial charge in [-0.05, 0) is 6.92 Å². The minimum Gasteiger partial charge on any atom is -0.372 e. The summed E-state index contributed by atoms with van der Waals surface area (Å²) in [5, 5.41) is 2.48. The number of ether oxygens (including phenoxy) is 1. The molecule has 0 aliphatic rings. The Morgan fingerprint density at radius 2 is 2.17 bits per heavy atom. The summed E-state index contributed by atoms with van der Waals surface area (Å²) in [5.41, 5.74) is 4.86.